The normalized spacial score (nSPS) is 10.8. The Balaban J connectivity index is 1.98. The van der Waals surface area contributed by atoms with E-state index in [1.54, 1.807) is 13.2 Å². The molecule has 0 fully saturated rings. The van der Waals surface area contributed by atoms with Gasteiger partial charge >= 0.3 is 0 Å². The highest BCUT2D eigenvalue weighted by atomic mass is 19.1. The van der Waals surface area contributed by atoms with Gasteiger partial charge in [0.05, 0.1) is 39.6 Å². The average molecular weight is 300 g/mol. The third-order valence-corrected chi connectivity index (χ3v) is 2.56. The van der Waals surface area contributed by atoms with Crippen LogP contribution in [0.1, 0.15) is 10.4 Å². The first kappa shape index (κ1) is 17.7. The minimum Gasteiger partial charge on any atom is -0.382 e. The number of rotatable bonds is 12. The van der Waals surface area contributed by atoms with Crippen molar-refractivity contribution in [2.75, 3.05) is 53.4 Å². The number of methoxy groups -OCH3 is 1. The summed E-state index contributed by atoms with van der Waals surface area (Å²) < 4.78 is 33.4. The molecule has 5 nitrogen and oxygen atoms in total. The molecule has 0 aliphatic heterocycles. The molecule has 0 aliphatic carbocycles. The van der Waals surface area contributed by atoms with Crippen molar-refractivity contribution in [1.29, 1.82) is 0 Å². The van der Waals surface area contributed by atoms with Gasteiger partial charge in [0.1, 0.15) is 12.4 Å². The summed E-state index contributed by atoms with van der Waals surface area (Å²) in [4.78, 5) is 11.7. The van der Waals surface area contributed by atoms with E-state index in [0.717, 1.165) is 0 Å². The van der Waals surface area contributed by atoms with Gasteiger partial charge in [-0.25, -0.2) is 4.39 Å². The quantitative estimate of drug-likeness (QED) is 0.434. The van der Waals surface area contributed by atoms with Crippen molar-refractivity contribution in [3.8, 4) is 0 Å². The Kier molecular flexibility index (Phi) is 9.56. The molecule has 0 amide bonds. The minimum absolute atomic E-state index is 0.0862. The Morgan fingerprint density at radius 1 is 1.00 bits per heavy atom. The van der Waals surface area contributed by atoms with E-state index >= 15 is 0 Å². The van der Waals surface area contributed by atoms with E-state index in [-0.39, 0.29) is 12.4 Å². The van der Waals surface area contributed by atoms with Gasteiger partial charge in [-0.15, -0.1) is 0 Å². The molecule has 0 aliphatic rings. The Bertz CT molecular complexity index is 411. The fourth-order valence-electron chi connectivity index (χ4n) is 1.49. The van der Waals surface area contributed by atoms with Gasteiger partial charge in [0.2, 0.25) is 0 Å². The van der Waals surface area contributed by atoms with E-state index in [1.165, 1.54) is 18.2 Å². The summed E-state index contributed by atoms with van der Waals surface area (Å²) in [5, 5.41) is 0. The zero-order chi connectivity index (χ0) is 15.3. The second kappa shape index (κ2) is 11.3. The van der Waals surface area contributed by atoms with Crippen LogP contribution in [0.25, 0.3) is 0 Å². The van der Waals surface area contributed by atoms with Crippen molar-refractivity contribution in [3.05, 3.63) is 35.6 Å². The van der Waals surface area contributed by atoms with Gasteiger partial charge in [0, 0.05) is 12.7 Å². The van der Waals surface area contributed by atoms with Crippen LogP contribution in [0.2, 0.25) is 0 Å². The zero-order valence-corrected chi connectivity index (χ0v) is 12.2. The first-order chi connectivity index (χ1) is 10.2. The van der Waals surface area contributed by atoms with Crippen LogP contribution in [0.4, 0.5) is 4.39 Å². The maximum Gasteiger partial charge on any atom is 0.188 e. The third-order valence-electron chi connectivity index (χ3n) is 2.56. The maximum atomic E-state index is 12.9. The molecule has 118 valence electrons. The second-order valence-corrected chi connectivity index (χ2v) is 4.20. The number of ketones is 1. The summed E-state index contributed by atoms with van der Waals surface area (Å²) in [6, 6.07) is 5.54. The van der Waals surface area contributed by atoms with E-state index in [0.29, 0.717) is 45.2 Å². The molecule has 0 N–H and O–H groups in total. The first-order valence-electron chi connectivity index (χ1n) is 6.75. The predicted octanol–water partition coefficient (Wildman–Crippen LogP) is 1.70. The molecule has 21 heavy (non-hydrogen) atoms. The SMILES string of the molecule is COCCOCCOCCOCC(=O)c1cccc(F)c1. The lowest BCUT2D eigenvalue weighted by Gasteiger charge is -2.06. The van der Waals surface area contributed by atoms with Crippen molar-refractivity contribution in [1.82, 2.24) is 0 Å². The van der Waals surface area contributed by atoms with Gasteiger partial charge in [-0.1, -0.05) is 12.1 Å². The summed E-state index contributed by atoms with van der Waals surface area (Å²) in [7, 11) is 1.61. The van der Waals surface area contributed by atoms with Crippen molar-refractivity contribution in [3.63, 3.8) is 0 Å². The Morgan fingerprint density at radius 2 is 1.62 bits per heavy atom. The lowest BCUT2D eigenvalue weighted by molar-refractivity contribution is 0.00492. The van der Waals surface area contributed by atoms with Crippen LogP contribution in [-0.4, -0.2) is 59.1 Å². The largest absolute Gasteiger partial charge is 0.382 e. The molecule has 1 aromatic carbocycles. The van der Waals surface area contributed by atoms with Crippen LogP contribution in [0.3, 0.4) is 0 Å². The summed E-state index contributed by atoms with van der Waals surface area (Å²) >= 11 is 0. The molecule has 0 bridgehead atoms. The number of carbonyl (C=O) groups excluding carboxylic acids is 1. The number of Topliss-reactive ketones (excluding diaryl/α,β-unsaturated/α-hetero) is 1. The summed E-state index contributed by atoms with van der Waals surface area (Å²) in [6.07, 6.45) is 0. The molecule has 0 radical (unpaired) electrons. The molecular formula is C15H21FO5. The molecule has 0 saturated heterocycles. The van der Waals surface area contributed by atoms with Crippen LogP contribution >= 0.6 is 0 Å². The number of halogens is 1. The van der Waals surface area contributed by atoms with Gasteiger partial charge in [0.15, 0.2) is 5.78 Å². The Morgan fingerprint density at radius 3 is 2.24 bits per heavy atom. The molecule has 1 rings (SSSR count). The number of carbonyl (C=O) groups is 1. The van der Waals surface area contributed by atoms with Crippen LogP contribution in [-0.2, 0) is 18.9 Å². The molecular weight excluding hydrogens is 279 g/mol. The highest BCUT2D eigenvalue weighted by Gasteiger charge is 2.06. The van der Waals surface area contributed by atoms with Gasteiger partial charge in [-0.2, -0.15) is 0 Å². The lowest BCUT2D eigenvalue weighted by Crippen LogP contribution is -2.14. The molecule has 0 aromatic heterocycles. The van der Waals surface area contributed by atoms with E-state index in [9.17, 15) is 9.18 Å². The van der Waals surface area contributed by atoms with E-state index < -0.39 is 5.82 Å². The second-order valence-electron chi connectivity index (χ2n) is 4.20. The van der Waals surface area contributed by atoms with Gasteiger partial charge in [-0.05, 0) is 12.1 Å². The van der Waals surface area contributed by atoms with Crippen molar-refractivity contribution in [2.45, 2.75) is 0 Å². The van der Waals surface area contributed by atoms with Crippen LogP contribution < -0.4 is 0 Å². The van der Waals surface area contributed by atoms with Gasteiger partial charge in [-0.3, -0.25) is 4.79 Å². The zero-order valence-electron chi connectivity index (χ0n) is 12.2. The molecule has 1 aromatic rings. The summed E-state index contributed by atoms with van der Waals surface area (Å²) in [5.41, 5.74) is 0.308. The van der Waals surface area contributed by atoms with E-state index in [2.05, 4.69) is 0 Å². The molecule has 0 saturated carbocycles. The standard InChI is InChI=1S/C15H21FO5/c1-18-5-6-19-7-8-20-9-10-21-12-15(17)13-3-2-4-14(16)11-13/h2-4,11H,5-10,12H2,1H3. The van der Waals surface area contributed by atoms with Crippen molar-refractivity contribution >= 4 is 5.78 Å². The molecule has 6 heteroatoms. The highest BCUT2D eigenvalue weighted by Crippen LogP contribution is 2.04. The van der Waals surface area contributed by atoms with Crippen molar-refractivity contribution < 1.29 is 28.1 Å². The van der Waals surface area contributed by atoms with E-state index in [1.807, 2.05) is 0 Å². The lowest BCUT2D eigenvalue weighted by atomic mass is 10.1. The third kappa shape index (κ3) is 8.52. The average Bonchev–Trinajstić information content (AvgIpc) is 2.49. The topological polar surface area (TPSA) is 54.0 Å². The summed E-state index contributed by atoms with van der Waals surface area (Å²) in [5.74, 6) is -0.685. The Hall–Kier alpha value is -1.34. The molecule has 0 heterocycles. The monoisotopic (exact) mass is 300 g/mol. The summed E-state index contributed by atoms with van der Waals surface area (Å²) in [6.45, 7) is 2.65. The van der Waals surface area contributed by atoms with Crippen molar-refractivity contribution in [2.24, 2.45) is 0 Å². The highest BCUT2D eigenvalue weighted by molar-refractivity contribution is 5.97. The fraction of sp³-hybridized carbons (Fsp3) is 0.533. The smallest absolute Gasteiger partial charge is 0.188 e. The molecule has 0 unspecified atom stereocenters. The number of benzene rings is 1. The fourth-order valence-corrected chi connectivity index (χ4v) is 1.49. The van der Waals surface area contributed by atoms with Crippen LogP contribution in [0.5, 0.6) is 0 Å². The van der Waals surface area contributed by atoms with E-state index in [4.69, 9.17) is 18.9 Å². The van der Waals surface area contributed by atoms with Gasteiger partial charge in [0.25, 0.3) is 0 Å². The number of hydrogen-bond donors (Lipinski definition) is 0. The number of ether oxygens (including phenoxy) is 4. The molecule has 0 atom stereocenters. The predicted molar refractivity (Wildman–Crippen MR) is 75.1 cm³/mol. The van der Waals surface area contributed by atoms with Crippen LogP contribution in [0.15, 0.2) is 24.3 Å². The Labute approximate surface area is 123 Å². The van der Waals surface area contributed by atoms with Gasteiger partial charge < -0.3 is 18.9 Å². The minimum atomic E-state index is -0.433. The van der Waals surface area contributed by atoms with Crippen LogP contribution in [0, 0.1) is 5.82 Å². The number of hydrogen-bond acceptors (Lipinski definition) is 5. The molecule has 0 spiro atoms. The first-order valence-corrected chi connectivity index (χ1v) is 6.75. The maximum absolute atomic E-state index is 12.9.